The van der Waals surface area contributed by atoms with Crippen LogP contribution in [0.5, 0.6) is 0 Å². The summed E-state index contributed by atoms with van der Waals surface area (Å²) in [5.41, 5.74) is 3.90. The first-order chi connectivity index (χ1) is 11.7. The molecule has 0 aliphatic carbocycles. The molecule has 0 radical (unpaired) electrons. The molecular formula is C20H22N2OS. The lowest BCUT2D eigenvalue weighted by Gasteiger charge is -2.16. The number of likely N-dealkylation sites (tertiary alicyclic amines) is 1. The molecule has 1 N–H and O–H groups in total. The monoisotopic (exact) mass is 338 g/mol. The Balaban J connectivity index is 1.48. The Labute approximate surface area is 145 Å². The van der Waals surface area contributed by atoms with Gasteiger partial charge in [-0.15, -0.1) is 0 Å². The van der Waals surface area contributed by atoms with E-state index in [1.807, 2.05) is 12.1 Å². The molecule has 2 heterocycles. The quantitative estimate of drug-likeness (QED) is 0.733. The number of para-hydroxylation sites is 1. The van der Waals surface area contributed by atoms with Crippen LogP contribution >= 0.6 is 0 Å². The summed E-state index contributed by atoms with van der Waals surface area (Å²) >= 11 is -0.908. The second kappa shape index (κ2) is 6.63. The third kappa shape index (κ3) is 3.09. The average Bonchev–Trinajstić information content (AvgIpc) is 3.23. The molecule has 1 aromatic heterocycles. The van der Waals surface area contributed by atoms with Crippen LogP contribution in [0.25, 0.3) is 10.9 Å². The van der Waals surface area contributed by atoms with E-state index in [2.05, 4.69) is 52.5 Å². The third-order valence-corrected chi connectivity index (χ3v) is 5.92. The van der Waals surface area contributed by atoms with Crippen LogP contribution < -0.4 is 0 Å². The summed E-state index contributed by atoms with van der Waals surface area (Å²) in [4.78, 5) is 6.82. The number of H-pyrrole nitrogens is 1. The molecule has 0 spiro atoms. The van der Waals surface area contributed by atoms with Gasteiger partial charge in [-0.1, -0.05) is 30.3 Å². The Kier molecular flexibility index (Phi) is 4.35. The highest BCUT2D eigenvalue weighted by Crippen LogP contribution is 2.30. The Morgan fingerprint density at radius 1 is 1.21 bits per heavy atom. The van der Waals surface area contributed by atoms with E-state index in [0.717, 1.165) is 24.5 Å². The molecule has 2 atom stereocenters. The number of rotatable bonds is 4. The van der Waals surface area contributed by atoms with E-state index in [1.54, 1.807) is 6.26 Å². The summed E-state index contributed by atoms with van der Waals surface area (Å²) in [5, 5.41) is 1.32. The Morgan fingerprint density at radius 2 is 2.08 bits per heavy atom. The number of fused-ring (bicyclic) bond motifs is 1. The van der Waals surface area contributed by atoms with Crippen molar-refractivity contribution in [3.05, 3.63) is 65.9 Å². The van der Waals surface area contributed by atoms with E-state index in [4.69, 9.17) is 0 Å². The van der Waals surface area contributed by atoms with Gasteiger partial charge in [0, 0.05) is 30.2 Å². The van der Waals surface area contributed by atoms with Crippen molar-refractivity contribution in [3.63, 3.8) is 0 Å². The molecule has 1 aliphatic rings. The van der Waals surface area contributed by atoms with Crippen molar-refractivity contribution in [1.29, 1.82) is 0 Å². The summed E-state index contributed by atoms with van der Waals surface area (Å²) in [5.74, 6) is 0.540. The number of aromatic nitrogens is 1. The predicted octanol–water partition coefficient (Wildman–Crippen LogP) is 3.89. The maximum atomic E-state index is 11.7. The number of hydrogen-bond donors (Lipinski definition) is 1. The molecule has 4 heteroatoms. The Bertz CT molecular complexity index is 842. The number of hydrogen-bond acceptors (Lipinski definition) is 2. The highest BCUT2D eigenvalue weighted by Gasteiger charge is 2.25. The van der Waals surface area contributed by atoms with Crippen LogP contribution in [0.3, 0.4) is 0 Å². The fraction of sp³-hybridized carbons (Fsp3) is 0.300. The van der Waals surface area contributed by atoms with Gasteiger partial charge in [-0.2, -0.15) is 0 Å². The molecule has 124 valence electrons. The summed E-state index contributed by atoms with van der Waals surface area (Å²) in [7, 11) is 0. The molecule has 0 amide bonds. The first-order valence-corrected chi connectivity index (χ1v) is 9.97. The minimum absolute atomic E-state index is 0.540. The fourth-order valence-corrected chi connectivity index (χ4v) is 4.27. The van der Waals surface area contributed by atoms with Gasteiger partial charge < -0.3 is 9.54 Å². The average molecular weight is 338 g/mol. The lowest BCUT2D eigenvalue weighted by Crippen LogP contribution is -2.19. The highest BCUT2D eigenvalue weighted by molar-refractivity contribution is 7.90. The maximum absolute atomic E-state index is 11.7. The summed E-state index contributed by atoms with van der Waals surface area (Å²) in [6, 6.07) is 16.8. The normalized spacial score (nSPS) is 19.8. The highest BCUT2D eigenvalue weighted by atomic mass is 32.2. The van der Waals surface area contributed by atoms with Crippen LogP contribution in [0, 0.1) is 0 Å². The maximum Gasteiger partial charge on any atom is 0.152 e. The van der Waals surface area contributed by atoms with Gasteiger partial charge in [-0.3, -0.25) is 4.90 Å². The zero-order valence-electron chi connectivity index (χ0n) is 13.9. The Morgan fingerprint density at radius 3 is 2.96 bits per heavy atom. The van der Waals surface area contributed by atoms with Crippen molar-refractivity contribution < 1.29 is 4.55 Å². The van der Waals surface area contributed by atoms with Crippen molar-refractivity contribution in [2.75, 3.05) is 19.3 Å². The summed E-state index contributed by atoms with van der Waals surface area (Å²) in [6.45, 7) is 3.17. The van der Waals surface area contributed by atoms with Gasteiger partial charge >= 0.3 is 0 Å². The van der Waals surface area contributed by atoms with E-state index in [0.29, 0.717) is 5.92 Å². The number of nitrogens with one attached hydrogen (secondary N) is 1. The predicted molar refractivity (Wildman–Crippen MR) is 99.7 cm³/mol. The molecule has 0 saturated carbocycles. The molecular weight excluding hydrogens is 316 g/mol. The van der Waals surface area contributed by atoms with Crippen LogP contribution in [0.15, 0.2) is 59.6 Å². The summed E-state index contributed by atoms with van der Waals surface area (Å²) in [6.07, 6.45) is 5.05. The van der Waals surface area contributed by atoms with Crippen molar-refractivity contribution >= 4 is 22.1 Å². The molecule has 1 aliphatic heterocycles. The topological polar surface area (TPSA) is 42.1 Å². The van der Waals surface area contributed by atoms with E-state index >= 15 is 0 Å². The molecule has 1 saturated heterocycles. The molecule has 0 bridgehead atoms. The number of aromatic amines is 1. The van der Waals surface area contributed by atoms with Crippen molar-refractivity contribution in [2.24, 2.45) is 0 Å². The molecule has 2 aromatic carbocycles. The number of benzene rings is 2. The molecule has 2 unspecified atom stereocenters. The fourth-order valence-electron chi connectivity index (χ4n) is 3.70. The lowest BCUT2D eigenvalue weighted by molar-refractivity contribution is 0.328. The van der Waals surface area contributed by atoms with Crippen molar-refractivity contribution in [1.82, 2.24) is 9.88 Å². The molecule has 3 aromatic rings. The Hall–Kier alpha value is -1.75. The smallest absolute Gasteiger partial charge is 0.152 e. The minimum atomic E-state index is -0.908. The van der Waals surface area contributed by atoms with Gasteiger partial charge in [0.05, 0.1) is 0 Å². The van der Waals surface area contributed by atoms with Gasteiger partial charge in [0.2, 0.25) is 0 Å². The summed E-state index contributed by atoms with van der Waals surface area (Å²) < 4.78 is 11.7. The lowest BCUT2D eigenvalue weighted by atomic mass is 9.99. The van der Waals surface area contributed by atoms with Crippen molar-refractivity contribution in [3.8, 4) is 0 Å². The second-order valence-corrected chi connectivity index (χ2v) is 7.99. The van der Waals surface area contributed by atoms with Crippen LogP contribution in [0.2, 0.25) is 0 Å². The largest absolute Gasteiger partial charge is 0.612 e. The third-order valence-electron chi connectivity index (χ3n) is 5.00. The van der Waals surface area contributed by atoms with E-state index in [-0.39, 0.29) is 0 Å². The first kappa shape index (κ1) is 15.8. The van der Waals surface area contributed by atoms with Crippen LogP contribution in [-0.2, 0) is 17.7 Å². The standard InChI is InChI=1S/C20H22N2OS/c1-24(23)18-6-4-5-15(11-18)16-9-10-22(13-16)14-17-12-21-20-8-3-2-7-19(17)20/h2-8,11-12,16,21H,9-10,13-14H2,1H3. The van der Waals surface area contributed by atoms with Crippen LogP contribution in [0.1, 0.15) is 23.5 Å². The molecule has 4 rings (SSSR count). The van der Waals surface area contributed by atoms with Gasteiger partial charge in [0.25, 0.3) is 0 Å². The van der Waals surface area contributed by atoms with Crippen molar-refractivity contribution in [2.45, 2.75) is 23.8 Å². The van der Waals surface area contributed by atoms with Gasteiger partial charge in [0.15, 0.2) is 4.90 Å². The number of nitrogens with zero attached hydrogens (tertiary/aromatic N) is 1. The van der Waals surface area contributed by atoms with Gasteiger partial charge in [-0.25, -0.2) is 0 Å². The van der Waals surface area contributed by atoms with Crippen LogP contribution in [0.4, 0.5) is 0 Å². The van der Waals surface area contributed by atoms with E-state index in [9.17, 15) is 4.55 Å². The van der Waals surface area contributed by atoms with E-state index < -0.39 is 11.2 Å². The molecule has 1 fully saturated rings. The minimum Gasteiger partial charge on any atom is -0.612 e. The van der Waals surface area contributed by atoms with Gasteiger partial charge in [0.1, 0.15) is 6.26 Å². The van der Waals surface area contributed by atoms with Crippen LogP contribution in [-0.4, -0.2) is 33.8 Å². The van der Waals surface area contributed by atoms with E-state index in [1.165, 1.54) is 28.5 Å². The van der Waals surface area contributed by atoms with Gasteiger partial charge in [-0.05, 0) is 59.4 Å². The SMILES string of the molecule is C[S+]([O-])c1cccc(C2CCN(Cc3c[nH]c4ccccc34)C2)c1. The zero-order chi connectivity index (χ0) is 16.5. The first-order valence-electron chi connectivity index (χ1n) is 8.41. The second-order valence-electron chi connectivity index (χ2n) is 6.61. The zero-order valence-corrected chi connectivity index (χ0v) is 14.7. The molecule has 3 nitrogen and oxygen atoms in total. The molecule has 24 heavy (non-hydrogen) atoms.